The van der Waals surface area contributed by atoms with E-state index in [1.165, 1.54) is 10.5 Å². The lowest BCUT2D eigenvalue weighted by atomic mass is 10.1. The van der Waals surface area contributed by atoms with E-state index < -0.39 is 0 Å². The summed E-state index contributed by atoms with van der Waals surface area (Å²) in [6.07, 6.45) is 0. The highest BCUT2D eigenvalue weighted by Crippen LogP contribution is 2.15. The fourth-order valence-corrected chi connectivity index (χ4v) is 3.82. The molecule has 5 nitrogen and oxygen atoms in total. The minimum absolute atomic E-state index is 0.0922. The first-order valence-electron chi connectivity index (χ1n) is 10.5. The maximum atomic E-state index is 13.0. The van der Waals surface area contributed by atoms with Gasteiger partial charge in [0.1, 0.15) is 0 Å². The Morgan fingerprint density at radius 1 is 1.00 bits per heavy atom. The molecule has 1 fully saturated rings. The largest absolute Gasteiger partial charge is 0.360 e. The molecule has 0 saturated carbocycles. The van der Waals surface area contributed by atoms with Crippen LogP contribution in [0.5, 0.6) is 0 Å². The molecule has 0 atom stereocenters. The van der Waals surface area contributed by atoms with Crippen molar-refractivity contribution < 1.29 is 14.5 Å². The summed E-state index contributed by atoms with van der Waals surface area (Å²) in [5, 5.41) is 0. The number of nitrogens with one attached hydrogen (secondary N) is 1. The molecule has 0 bridgehead atoms. The van der Waals surface area contributed by atoms with E-state index in [1.807, 2.05) is 47.4 Å². The van der Waals surface area contributed by atoms with Crippen LogP contribution in [0, 0.1) is 0 Å². The molecular weight excluding hydrogens is 362 g/mol. The summed E-state index contributed by atoms with van der Waals surface area (Å²) in [6, 6.07) is 18.2. The van der Waals surface area contributed by atoms with Gasteiger partial charge in [0.25, 0.3) is 5.91 Å². The molecule has 1 heterocycles. The zero-order valence-corrected chi connectivity index (χ0v) is 17.7. The number of nitrogens with zero attached hydrogens (tertiary/aromatic N) is 2. The Bertz CT molecular complexity index is 810. The maximum Gasteiger partial charge on any atom is 0.278 e. The van der Waals surface area contributed by atoms with Gasteiger partial charge in [-0.3, -0.25) is 9.59 Å². The van der Waals surface area contributed by atoms with Crippen LogP contribution < -0.4 is 9.80 Å². The molecule has 29 heavy (non-hydrogen) atoms. The third-order valence-corrected chi connectivity index (χ3v) is 5.65. The van der Waals surface area contributed by atoms with Crippen LogP contribution in [0.1, 0.15) is 36.7 Å². The molecule has 0 spiro atoms. The van der Waals surface area contributed by atoms with Crippen molar-refractivity contribution in [2.45, 2.75) is 33.4 Å². The van der Waals surface area contributed by atoms with Crippen LogP contribution in [0.25, 0.3) is 0 Å². The molecule has 2 aromatic carbocycles. The van der Waals surface area contributed by atoms with Crippen molar-refractivity contribution in [2.75, 3.05) is 37.6 Å². The Morgan fingerprint density at radius 2 is 1.62 bits per heavy atom. The second-order valence-electron chi connectivity index (χ2n) is 8.12. The zero-order valence-electron chi connectivity index (χ0n) is 17.7. The summed E-state index contributed by atoms with van der Waals surface area (Å²) in [7, 11) is 0. The Labute approximate surface area is 173 Å². The second-order valence-corrected chi connectivity index (χ2v) is 8.12. The zero-order chi connectivity index (χ0) is 20.8. The molecule has 1 aliphatic rings. The highest BCUT2D eigenvalue weighted by molar-refractivity contribution is 5.94. The Morgan fingerprint density at radius 3 is 2.17 bits per heavy atom. The van der Waals surface area contributed by atoms with Gasteiger partial charge in [0.2, 0.25) is 0 Å². The lowest BCUT2D eigenvalue weighted by Gasteiger charge is -2.35. The monoisotopic (exact) mass is 394 g/mol. The van der Waals surface area contributed by atoms with Crippen molar-refractivity contribution in [3.63, 3.8) is 0 Å². The number of piperazine rings is 1. The molecule has 0 aliphatic carbocycles. The lowest BCUT2D eigenvalue weighted by molar-refractivity contribution is -0.892. The number of Topliss-reactive ketones (excluding diaryl/α,β-unsaturated/α-hetero) is 1. The minimum Gasteiger partial charge on any atom is -0.360 e. The molecule has 1 amide bonds. The van der Waals surface area contributed by atoms with Gasteiger partial charge in [-0.1, -0.05) is 30.3 Å². The van der Waals surface area contributed by atoms with Crippen molar-refractivity contribution in [3.8, 4) is 0 Å². The fraction of sp³-hybridized carbons (Fsp3) is 0.417. The Balaban J connectivity index is 1.53. The van der Waals surface area contributed by atoms with Gasteiger partial charge in [-0.05, 0) is 50.6 Å². The molecule has 0 aromatic heterocycles. The summed E-state index contributed by atoms with van der Waals surface area (Å²) in [6.45, 7) is 10.7. The predicted molar refractivity (Wildman–Crippen MR) is 116 cm³/mol. The predicted octanol–water partition coefficient (Wildman–Crippen LogP) is 2.03. The van der Waals surface area contributed by atoms with Crippen molar-refractivity contribution in [2.24, 2.45) is 0 Å². The number of carbonyl (C=O) groups excluding carboxylic acids is 2. The Hall–Kier alpha value is -2.66. The lowest BCUT2D eigenvalue weighted by Crippen LogP contribution is -3.16. The van der Waals surface area contributed by atoms with E-state index in [0.717, 1.165) is 37.4 Å². The van der Waals surface area contributed by atoms with Crippen LogP contribution in [0.2, 0.25) is 0 Å². The molecule has 1 saturated heterocycles. The SMILES string of the molecule is CC(=O)c1ccc(N2CC[NH+](CC(=O)N(Cc3ccccc3)C(C)C)CC2)cc1. The third kappa shape index (κ3) is 5.67. The molecule has 1 N–H and O–H groups in total. The van der Waals surface area contributed by atoms with Gasteiger partial charge in [-0.2, -0.15) is 0 Å². The molecule has 1 aliphatic heterocycles. The van der Waals surface area contributed by atoms with Crippen molar-refractivity contribution in [1.29, 1.82) is 0 Å². The van der Waals surface area contributed by atoms with Gasteiger partial charge in [0.05, 0.1) is 26.2 Å². The average Bonchev–Trinajstić information content (AvgIpc) is 2.73. The third-order valence-electron chi connectivity index (χ3n) is 5.65. The van der Waals surface area contributed by atoms with Crippen LogP contribution in [0.15, 0.2) is 54.6 Å². The quantitative estimate of drug-likeness (QED) is 0.731. The summed E-state index contributed by atoms with van der Waals surface area (Å²) in [4.78, 5) is 30.1. The number of benzene rings is 2. The van der Waals surface area contributed by atoms with Crippen LogP contribution in [-0.2, 0) is 11.3 Å². The Kier molecular flexibility index (Phi) is 7.04. The standard InChI is InChI=1S/C24H31N3O2/c1-19(2)27(17-21-7-5-4-6-8-21)24(29)18-25-13-15-26(16-14-25)23-11-9-22(10-12-23)20(3)28/h4-12,19H,13-18H2,1-3H3/p+1. The second kappa shape index (κ2) is 9.70. The normalized spacial score (nSPS) is 14.8. The summed E-state index contributed by atoms with van der Waals surface area (Å²) in [5.74, 6) is 0.313. The number of rotatable bonds is 7. The van der Waals surface area contributed by atoms with Gasteiger partial charge in [0.15, 0.2) is 12.3 Å². The molecule has 3 rings (SSSR count). The van der Waals surface area contributed by atoms with Crippen molar-refractivity contribution in [1.82, 2.24) is 4.90 Å². The van der Waals surface area contributed by atoms with Crippen LogP contribution in [0.3, 0.4) is 0 Å². The van der Waals surface area contributed by atoms with Crippen molar-refractivity contribution in [3.05, 3.63) is 65.7 Å². The molecule has 2 aromatic rings. The van der Waals surface area contributed by atoms with E-state index >= 15 is 0 Å². The number of hydrogen-bond acceptors (Lipinski definition) is 3. The van der Waals surface area contributed by atoms with E-state index in [1.54, 1.807) is 6.92 Å². The highest BCUT2D eigenvalue weighted by atomic mass is 16.2. The van der Waals surface area contributed by atoms with Crippen molar-refractivity contribution >= 4 is 17.4 Å². The average molecular weight is 395 g/mol. The number of ketones is 1. The smallest absolute Gasteiger partial charge is 0.278 e. The highest BCUT2D eigenvalue weighted by Gasteiger charge is 2.26. The molecular formula is C24H32N3O2+. The van der Waals surface area contributed by atoms with Gasteiger partial charge >= 0.3 is 0 Å². The van der Waals surface area contributed by atoms with Crippen LogP contribution in [0.4, 0.5) is 5.69 Å². The number of hydrogen-bond donors (Lipinski definition) is 1. The first-order chi connectivity index (χ1) is 13.9. The van der Waals surface area contributed by atoms with E-state index in [2.05, 4.69) is 30.9 Å². The minimum atomic E-state index is 0.0922. The van der Waals surface area contributed by atoms with E-state index in [-0.39, 0.29) is 17.7 Å². The summed E-state index contributed by atoms with van der Waals surface area (Å²) >= 11 is 0. The van der Waals surface area contributed by atoms with E-state index in [9.17, 15) is 9.59 Å². The first-order valence-corrected chi connectivity index (χ1v) is 10.5. The van der Waals surface area contributed by atoms with Gasteiger partial charge in [-0.25, -0.2) is 0 Å². The van der Waals surface area contributed by atoms with E-state index in [0.29, 0.717) is 13.1 Å². The van der Waals surface area contributed by atoms with Crippen LogP contribution >= 0.6 is 0 Å². The number of amides is 1. The van der Waals surface area contributed by atoms with Gasteiger partial charge in [-0.15, -0.1) is 0 Å². The number of anilines is 1. The van der Waals surface area contributed by atoms with Crippen LogP contribution in [-0.4, -0.2) is 55.4 Å². The number of quaternary nitrogens is 1. The molecule has 0 unspecified atom stereocenters. The number of carbonyl (C=O) groups is 2. The molecule has 154 valence electrons. The first kappa shape index (κ1) is 21.1. The molecule has 5 heteroatoms. The maximum absolute atomic E-state index is 13.0. The fourth-order valence-electron chi connectivity index (χ4n) is 3.82. The van der Waals surface area contributed by atoms with Gasteiger partial charge in [0, 0.05) is 23.8 Å². The summed E-state index contributed by atoms with van der Waals surface area (Å²) in [5.41, 5.74) is 3.06. The molecule has 0 radical (unpaired) electrons. The van der Waals surface area contributed by atoms with Gasteiger partial charge < -0.3 is 14.7 Å². The topological polar surface area (TPSA) is 45.1 Å². The summed E-state index contributed by atoms with van der Waals surface area (Å²) < 4.78 is 0. The van der Waals surface area contributed by atoms with E-state index in [4.69, 9.17) is 0 Å².